The van der Waals surface area contributed by atoms with Crippen molar-refractivity contribution >= 4 is 29.2 Å². The minimum atomic E-state index is -0.383. The molecular weight excluding hydrogens is 406 g/mol. The Hall–Kier alpha value is -3.42. The van der Waals surface area contributed by atoms with Gasteiger partial charge in [0.25, 0.3) is 0 Å². The summed E-state index contributed by atoms with van der Waals surface area (Å²) in [7, 11) is 0. The number of aromatic nitrogens is 1. The average Bonchev–Trinajstić information content (AvgIpc) is 3.16. The smallest absolute Gasteiger partial charge is 0.229 e. The molecular formula is C24H29N5O3. The Labute approximate surface area is 187 Å². The summed E-state index contributed by atoms with van der Waals surface area (Å²) >= 11 is 0. The molecule has 2 unspecified atom stereocenters. The van der Waals surface area contributed by atoms with Crippen LogP contribution in [0.4, 0.5) is 11.5 Å². The topological polar surface area (TPSA) is 109 Å². The number of rotatable bonds is 6. The average molecular weight is 436 g/mol. The molecule has 2 atom stereocenters. The lowest BCUT2D eigenvalue weighted by Gasteiger charge is -2.32. The van der Waals surface area contributed by atoms with Gasteiger partial charge in [-0.05, 0) is 37.5 Å². The van der Waals surface area contributed by atoms with Crippen LogP contribution in [-0.4, -0.2) is 47.2 Å². The van der Waals surface area contributed by atoms with Crippen LogP contribution in [-0.2, 0) is 20.9 Å². The largest absolute Gasteiger partial charge is 0.369 e. The molecule has 2 aliphatic heterocycles. The van der Waals surface area contributed by atoms with Gasteiger partial charge in [0, 0.05) is 32.6 Å². The highest BCUT2D eigenvalue weighted by atomic mass is 16.2. The number of carbonyl (C=O) groups excluding carboxylic acids is 3. The van der Waals surface area contributed by atoms with E-state index in [1.807, 2.05) is 42.2 Å². The van der Waals surface area contributed by atoms with Gasteiger partial charge in [-0.1, -0.05) is 29.8 Å². The first-order valence-corrected chi connectivity index (χ1v) is 11.0. The summed E-state index contributed by atoms with van der Waals surface area (Å²) in [6.07, 6.45) is 3.52. The number of anilines is 2. The number of amides is 3. The molecule has 3 N–H and O–H groups in total. The first-order chi connectivity index (χ1) is 15.4. The lowest BCUT2D eigenvalue weighted by molar-refractivity contribution is -0.128. The number of likely N-dealkylation sites (tertiary alicyclic amines) is 1. The van der Waals surface area contributed by atoms with Crippen molar-refractivity contribution in [2.45, 2.75) is 32.7 Å². The van der Waals surface area contributed by atoms with Crippen molar-refractivity contribution in [2.24, 2.45) is 17.6 Å². The monoisotopic (exact) mass is 435 g/mol. The third-order valence-electron chi connectivity index (χ3n) is 6.24. The second-order valence-corrected chi connectivity index (χ2v) is 8.74. The highest BCUT2D eigenvalue weighted by Gasteiger charge is 2.34. The Morgan fingerprint density at radius 3 is 2.59 bits per heavy atom. The summed E-state index contributed by atoms with van der Waals surface area (Å²) in [5.74, 6) is -0.242. The molecule has 0 saturated carbocycles. The van der Waals surface area contributed by atoms with Gasteiger partial charge in [-0.15, -0.1) is 0 Å². The number of benzene rings is 1. The van der Waals surface area contributed by atoms with E-state index in [-0.39, 0.29) is 36.0 Å². The van der Waals surface area contributed by atoms with E-state index in [0.29, 0.717) is 25.3 Å². The summed E-state index contributed by atoms with van der Waals surface area (Å²) < 4.78 is 0. The number of aryl methyl sites for hydroxylation is 1. The standard InChI is InChI=1S/C24H29N5O3/c1-16-4-6-17(7-5-16)13-29-15-19(11-22(29)30)24(32)27-20-8-9-21(26-12-20)28-10-2-3-18(14-28)23(25)31/h4-9,12,18-19H,2-3,10-11,13-15H2,1H3,(H2,25,31)(H,27,32). The molecule has 0 radical (unpaired) electrons. The molecule has 4 rings (SSSR count). The molecule has 32 heavy (non-hydrogen) atoms. The van der Waals surface area contributed by atoms with Crippen molar-refractivity contribution in [1.29, 1.82) is 0 Å². The first kappa shape index (κ1) is 21.8. The molecule has 2 fully saturated rings. The summed E-state index contributed by atoms with van der Waals surface area (Å²) in [5, 5.41) is 2.88. The number of nitrogens with two attached hydrogens (primary N) is 1. The fourth-order valence-corrected chi connectivity index (χ4v) is 4.32. The molecule has 0 spiro atoms. The van der Waals surface area contributed by atoms with Gasteiger partial charge in [0.05, 0.1) is 23.7 Å². The van der Waals surface area contributed by atoms with E-state index in [1.165, 1.54) is 5.56 Å². The SMILES string of the molecule is Cc1ccc(CN2CC(C(=O)Nc3ccc(N4CCCC(C(N)=O)C4)nc3)CC2=O)cc1. The van der Waals surface area contributed by atoms with Gasteiger partial charge < -0.3 is 20.9 Å². The van der Waals surface area contributed by atoms with E-state index in [9.17, 15) is 14.4 Å². The van der Waals surface area contributed by atoms with E-state index in [0.717, 1.165) is 30.8 Å². The van der Waals surface area contributed by atoms with Gasteiger partial charge in [0.1, 0.15) is 5.82 Å². The van der Waals surface area contributed by atoms with Crippen molar-refractivity contribution in [3.63, 3.8) is 0 Å². The van der Waals surface area contributed by atoms with Crippen molar-refractivity contribution in [3.8, 4) is 0 Å². The number of piperidine rings is 1. The van der Waals surface area contributed by atoms with Crippen LogP contribution in [0.3, 0.4) is 0 Å². The van der Waals surface area contributed by atoms with Crippen molar-refractivity contribution in [2.75, 3.05) is 29.9 Å². The van der Waals surface area contributed by atoms with Gasteiger partial charge in [-0.3, -0.25) is 14.4 Å². The van der Waals surface area contributed by atoms with Crippen LogP contribution in [0, 0.1) is 18.8 Å². The lowest BCUT2D eigenvalue weighted by atomic mass is 9.97. The highest BCUT2D eigenvalue weighted by molar-refractivity contribution is 5.97. The quantitative estimate of drug-likeness (QED) is 0.722. The molecule has 1 aromatic heterocycles. The highest BCUT2D eigenvalue weighted by Crippen LogP contribution is 2.24. The first-order valence-electron chi connectivity index (χ1n) is 11.0. The molecule has 3 heterocycles. The van der Waals surface area contributed by atoms with E-state index in [2.05, 4.69) is 10.3 Å². The molecule has 2 saturated heterocycles. The van der Waals surface area contributed by atoms with E-state index in [4.69, 9.17) is 5.73 Å². The molecule has 0 aliphatic carbocycles. The molecule has 1 aromatic carbocycles. The Morgan fingerprint density at radius 1 is 1.12 bits per heavy atom. The maximum absolute atomic E-state index is 12.7. The molecule has 0 bridgehead atoms. The summed E-state index contributed by atoms with van der Waals surface area (Å²) in [5.41, 5.74) is 8.27. The van der Waals surface area contributed by atoms with E-state index < -0.39 is 0 Å². The normalized spacial score (nSPS) is 21.0. The van der Waals surface area contributed by atoms with Crippen molar-refractivity contribution < 1.29 is 14.4 Å². The van der Waals surface area contributed by atoms with Crippen molar-refractivity contribution in [3.05, 3.63) is 53.7 Å². The van der Waals surface area contributed by atoms with Crippen LogP contribution in [0.1, 0.15) is 30.4 Å². The zero-order valence-electron chi connectivity index (χ0n) is 18.3. The van der Waals surface area contributed by atoms with Crippen LogP contribution >= 0.6 is 0 Å². The molecule has 3 amide bonds. The Bertz CT molecular complexity index is 990. The van der Waals surface area contributed by atoms with E-state index in [1.54, 1.807) is 17.2 Å². The number of nitrogens with zero attached hydrogens (tertiary/aromatic N) is 3. The number of pyridine rings is 1. The number of nitrogens with one attached hydrogen (secondary N) is 1. The lowest BCUT2D eigenvalue weighted by Crippen LogP contribution is -2.41. The maximum Gasteiger partial charge on any atom is 0.229 e. The Morgan fingerprint density at radius 2 is 1.91 bits per heavy atom. The van der Waals surface area contributed by atoms with Crippen LogP contribution in [0.15, 0.2) is 42.6 Å². The number of hydrogen-bond acceptors (Lipinski definition) is 5. The zero-order valence-corrected chi connectivity index (χ0v) is 18.3. The Kier molecular flexibility index (Phi) is 6.39. The summed E-state index contributed by atoms with van der Waals surface area (Å²) in [6, 6.07) is 11.7. The Balaban J connectivity index is 1.32. The van der Waals surface area contributed by atoms with Crippen LogP contribution in [0.2, 0.25) is 0 Å². The minimum absolute atomic E-state index is 0.00620. The van der Waals surface area contributed by atoms with E-state index >= 15 is 0 Å². The van der Waals surface area contributed by atoms with Crippen LogP contribution in [0.5, 0.6) is 0 Å². The van der Waals surface area contributed by atoms with Gasteiger partial charge >= 0.3 is 0 Å². The predicted molar refractivity (Wildman–Crippen MR) is 122 cm³/mol. The van der Waals surface area contributed by atoms with Gasteiger partial charge in [0.2, 0.25) is 17.7 Å². The number of hydrogen-bond donors (Lipinski definition) is 2. The van der Waals surface area contributed by atoms with Gasteiger partial charge in [-0.2, -0.15) is 0 Å². The van der Waals surface area contributed by atoms with Gasteiger partial charge in [0.15, 0.2) is 0 Å². The number of primary amides is 1. The fraction of sp³-hybridized carbons (Fsp3) is 0.417. The predicted octanol–water partition coefficient (Wildman–Crippen LogP) is 2.08. The van der Waals surface area contributed by atoms with Crippen LogP contribution < -0.4 is 16.0 Å². The van der Waals surface area contributed by atoms with Gasteiger partial charge in [-0.25, -0.2) is 4.98 Å². The molecule has 8 heteroatoms. The second-order valence-electron chi connectivity index (χ2n) is 8.74. The molecule has 8 nitrogen and oxygen atoms in total. The maximum atomic E-state index is 12.7. The van der Waals surface area contributed by atoms with Crippen molar-refractivity contribution in [1.82, 2.24) is 9.88 Å². The fourth-order valence-electron chi connectivity index (χ4n) is 4.32. The molecule has 168 valence electrons. The third kappa shape index (κ3) is 5.07. The van der Waals surface area contributed by atoms with Crippen LogP contribution in [0.25, 0.3) is 0 Å². The third-order valence-corrected chi connectivity index (χ3v) is 6.24. The summed E-state index contributed by atoms with van der Waals surface area (Å²) in [6.45, 7) is 4.34. The summed E-state index contributed by atoms with van der Waals surface area (Å²) in [4.78, 5) is 44.9. The second kappa shape index (κ2) is 9.38. The number of carbonyl (C=O) groups is 3. The molecule has 2 aromatic rings. The molecule has 2 aliphatic rings. The minimum Gasteiger partial charge on any atom is -0.369 e. The zero-order chi connectivity index (χ0) is 22.7.